The molecule has 5 nitrogen and oxygen atoms in total. The van der Waals surface area contributed by atoms with Gasteiger partial charge in [0.25, 0.3) is 0 Å². The Bertz CT molecular complexity index is 340. The van der Waals surface area contributed by atoms with Gasteiger partial charge in [0.2, 0.25) is 0 Å². The summed E-state index contributed by atoms with van der Waals surface area (Å²) in [5.74, 6) is 1.18. The van der Waals surface area contributed by atoms with Gasteiger partial charge in [-0.3, -0.25) is 0 Å². The van der Waals surface area contributed by atoms with E-state index in [0.717, 1.165) is 31.5 Å². The van der Waals surface area contributed by atoms with Crippen molar-refractivity contribution in [2.24, 2.45) is 0 Å². The highest BCUT2D eigenvalue weighted by molar-refractivity contribution is 5.40. The number of rotatable bonds is 2. The van der Waals surface area contributed by atoms with E-state index in [0.29, 0.717) is 5.82 Å². The summed E-state index contributed by atoms with van der Waals surface area (Å²) >= 11 is 0. The van der Waals surface area contributed by atoms with Gasteiger partial charge in [0.05, 0.1) is 24.5 Å². The SMILES string of the molecule is CN(c1cnc(N)cn1)C1CCCCC1O. The molecule has 1 aliphatic carbocycles. The fraction of sp³-hybridized carbons (Fsp3) is 0.636. The molecule has 5 heteroatoms. The number of nitrogens with zero attached hydrogens (tertiary/aromatic N) is 3. The number of likely N-dealkylation sites (N-methyl/N-ethyl adjacent to an activating group) is 1. The number of aliphatic hydroxyl groups excluding tert-OH is 1. The molecule has 1 heterocycles. The summed E-state index contributed by atoms with van der Waals surface area (Å²) in [5.41, 5.74) is 5.49. The van der Waals surface area contributed by atoms with E-state index in [2.05, 4.69) is 9.97 Å². The Hall–Kier alpha value is -1.36. The van der Waals surface area contributed by atoms with Gasteiger partial charge in [-0.15, -0.1) is 0 Å². The third-order valence-electron chi connectivity index (χ3n) is 3.21. The van der Waals surface area contributed by atoms with Crippen molar-refractivity contribution in [3.05, 3.63) is 12.4 Å². The monoisotopic (exact) mass is 222 g/mol. The first-order valence-corrected chi connectivity index (χ1v) is 5.67. The van der Waals surface area contributed by atoms with Crippen molar-refractivity contribution >= 4 is 11.6 Å². The van der Waals surface area contributed by atoms with Gasteiger partial charge in [-0.1, -0.05) is 12.8 Å². The van der Waals surface area contributed by atoms with Gasteiger partial charge in [-0.25, -0.2) is 9.97 Å². The molecule has 88 valence electrons. The van der Waals surface area contributed by atoms with E-state index in [4.69, 9.17) is 5.73 Å². The number of hydrogen-bond acceptors (Lipinski definition) is 5. The quantitative estimate of drug-likeness (QED) is 0.774. The predicted molar refractivity (Wildman–Crippen MR) is 63.1 cm³/mol. The largest absolute Gasteiger partial charge is 0.391 e. The maximum atomic E-state index is 9.94. The number of aliphatic hydroxyl groups is 1. The molecule has 1 aromatic heterocycles. The molecule has 0 saturated heterocycles. The van der Waals surface area contributed by atoms with Crippen LogP contribution in [0.2, 0.25) is 0 Å². The smallest absolute Gasteiger partial charge is 0.147 e. The van der Waals surface area contributed by atoms with E-state index in [1.54, 1.807) is 12.4 Å². The van der Waals surface area contributed by atoms with E-state index in [1.807, 2.05) is 11.9 Å². The molecule has 1 saturated carbocycles. The number of anilines is 2. The third kappa shape index (κ3) is 2.24. The fourth-order valence-corrected chi connectivity index (χ4v) is 2.23. The summed E-state index contributed by atoms with van der Waals surface area (Å²) in [6.07, 6.45) is 7.07. The van der Waals surface area contributed by atoms with E-state index in [1.165, 1.54) is 0 Å². The highest BCUT2D eigenvalue weighted by Crippen LogP contribution is 2.25. The predicted octanol–water partition coefficient (Wildman–Crippen LogP) is 0.798. The molecule has 2 unspecified atom stereocenters. The van der Waals surface area contributed by atoms with Crippen LogP contribution in [-0.2, 0) is 0 Å². The molecular formula is C11H18N4O. The zero-order chi connectivity index (χ0) is 11.5. The first kappa shape index (κ1) is 11.1. The van der Waals surface area contributed by atoms with Gasteiger partial charge in [0.1, 0.15) is 11.6 Å². The van der Waals surface area contributed by atoms with Crippen molar-refractivity contribution in [3.63, 3.8) is 0 Å². The molecule has 0 radical (unpaired) electrons. The van der Waals surface area contributed by atoms with E-state index in [-0.39, 0.29) is 12.1 Å². The molecule has 0 aliphatic heterocycles. The lowest BCUT2D eigenvalue weighted by Gasteiger charge is -2.35. The Kier molecular flexibility index (Phi) is 3.24. The number of aromatic nitrogens is 2. The maximum absolute atomic E-state index is 9.94. The summed E-state index contributed by atoms with van der Waals surface area (Å²) < 4.78 is 0. The van der Waals surface area contributed by atoms with E-state index in [9.17, 15) is 5.11 Å². The minimum Gasteiger partial charge on any atom is -0.391 e. The summed E-state index contributed by atoms with van der Waals surface area (Å²) in [4.78, 5) is 10.2. The zero-order valence-corrected chi connectivity index (χ0v) is 9.50. The fourth-order valence-electron chi connectivity index (χ4n) is 2.23. The second kappa shape index (κ2) is 4.65. The Morgan fingerprint density at radius 2 is 2.06 bits per heavy atom. The molecule has 0 amide bonds. The van der Waals surface area contributed by atoms with Crippen molar-refractivity contribution < 1.29 is 5.11 Å². The Morgan fingerprint density at radius 3 is 2.69 bits per heavy atom. The second-order valence-corrected chi connectivity index (χ2v) is 4.33. The second-order valence-electron chi connectivity index (χ2n) is 4.33. The molecule has 2 atom stereocenters. The maximum Gasteiger partial charge on any atom is 0.147 e. The zero-order valence-electron chi connectivity index (χ0n) is 9.50. The molecule has 0 spiro atoms. The average molecular weight is 222 g/mol. The summed E-state index contributed by atoms with van der Waals surface area (Å²) in [5, 5.41) is 9.94. The number of nitrogen functional groups attached to an aromatic ring is 1. The van der Waals surface area contributed by atoms with Crippen LogP contribution in [0.3, 0.4) is 0 Å². The van der Waals surface area contributed by atoms with Crippen molar-refractivity contribution in [1.82, 2.24) is 9.97 Å². The topological polar surface area (TPSA) is 75.3 Å². The van der Waals surface area contributed by atoms with E-state index >= 15 is 0 Å². The van der Waals surface area contributed by atoms with Crippen LogP contribution in [0, 0.1) is 0 Å². The normalized spacial score (nSPS) is 25.4. The van der Waals surface area contributed by atoms with Crippen molar-refractivity contribution in [3.8, 4) is 0 Å². The van der Waals surface area contributed by atoms with Gasteiger partial charge >= 0.3 is 0 Å². The van der Waals surface area contributed by atoms with Crippen molar-refractivity contribution in [1.29, 1.82) is 0 Å². The minimum atomic E-state index is -0.266. The Balaban J connectivity index is 2.11. The summed E-state index contributed by atoms with van der Waals surface area (Å²) in [6, 6.07) is 0.145. The lowest BCUT2D eigenvalue weighted by molar-refractivity contribution is 0.106. The van der Waals surface area contributed by atoms with Gasteiger partial charge in [0, 0.05) is 7.05 Å². The average Bonchev–Trinajstić information content (AvgIpc) is 2.30. The minimum absolute atomic E-state index is 0.145. The molecule has 1 aliphatic rings. The van der Waals surface area contributed by atoms with Crippen molar-refractivity contribution in [2.75, 3.05) is 17.7 Å². The molecule has 16 heavy (non-hydrogen) atoms. The van der Waals surface area contributed by atoms with E-state index < -0.39 is 0 Å². The van der Waals surface area contributed by atoms with Gasteiger partial charge in [-0.2, -0.15) is 0 Å². The Labute approximate surface area is 95.3 Å². The third-order valence-corrected chi connectivity index (χ3v) is 3.21. The van der Waals surface area contributed by atoms with Crippen LogP contribution < -0.4 is 10.6 Å². The molecule has 2 rings (SSSR count). The first-order valence-electron chi connectivity index (χ1n) is 5.67. The number of nitrogens with two attached hydrogens (primary N) is 1. The molecule has 1 fully saturated rings. The van der Waals surface area contributed by atoms with Crippen LogP contribution in [0.5, 0.6) is 0 Å². The van der Waals surface area contributed by atoms with Gasteiger partial charge in [-0.05, 0) is 12.8 Å². The van der Waals surface area contributed by atoms with Crippen LogP contribution >= 0.6 is 0 Å². The molecule has 3 N–H and O–H groups in total. The molecule has 0 bridgehead atoms. The lowest BCUT2D eigenvalue weighted by atomic mass is 9.92. The summed E-state index contributed by atoms with van der Waals surface area (Å²) in [6.45, 7) is 0. The molecular weight excluding hydrogens is 204 g/mol. The molecule has 0 aromatic carbocycles. The highest BCUT2D eigenvalue weighted by Gasteiger charge is 2.27. The molecule has 1 aromatic rings. The standard InChI is InChI=1S/C11H18N4O/c1-15(8-4-2-3-5-9(8)16)11-7-13-10(12)6-14-11/h6-9,16H,2-5H2,1H3,(H2,12,13). The summed E-state index contributed by atoms with van der Waals surface area (Å²) in [7, 11) is 1.94. The van der Waals surface area contributed by atoms with Crippen LogP contribution in [0.1, 0.15) is 25.7 Å². The van der Waals surface area contributed by atoms with Crippen LogP contribution in [-0.4, -0.2) is 34.3 Å². The lowest BCUT2D eigenvalue weighted by Crippen LogP contribution is -2.43. The van der Waals surface area contributed by atoms with Gasteiger partial charge in [0.15, 0.2) is 0 Å². The number of hydrogen-bond donors (Lipinski definition) is 2. The van der Waals surface area contributed by atoms with Crippen LogP contribution in [0.15, 0.2) is 12.4 Å². The van der Waals surface area contributed by atoms with Crippen LogP contribution in [0.25, 0.3) is 0 Å². The van der Waals surface area contributed by atoms with Crippen LogP contribution in [0.4, 0.5) is 11.6 Å². The Morgan fingerprint density at radius 1 is 1.31 bits per heavy atom. The first-order chi connectivity index (χ1) is 7.68. The highest BCUT2D eigenvalue weighted by atomic mass is 16.3. The van der Waals surface area contributed by atoms with Gasteiger partial charge < -0.3 is 15.7 Å². The van der Waals surface area contributed by atoms with Crippen molar-refractivity contribution in [2.45, 2.75) is 37.8 Å².